The lowest BCUT2D eigenvalue weighted by atomic mass is 9.93. The Balaban J connectivity index is 0.00000676. The van der Waals surface area contributed by atoms with Crippen molar-refractivity contribution in [3.63, 3.8) is 0 Å². The summed E-state index contributed by atoms with van der Waals surface area (Å²) in [5, 5.41) is 2.57. The fourth-order valence-electron chi connectivity index (χ4n) is 2.28. The SMILES string of the molecule is CC(=O)Nc1ccc(S(=O)(=O)N(C)CC(=O)N(C)CC(C)(C)CN)cc1.Cl. The number of sulfonamides is 1. The van der Waals surface area contributed by atoms with Gasteiger partial charge in [-0.25, -0.2) is 8.42 Å². The molecule has 27 heavy (non-hydrogen) atoms. The molecule has 0 aliphatic carbocycles. The molecule has 3 N–H and O–H groups in total. The van der Waals surface area contributed by atoms with Gasteiger partial charge >= 0.3 is 0 Å². The summed E-state index contributed by atoms with van der Waals surface area (Å²) in [4.78, 5) is 24.9. The maximum atomic E-state index is 12.6. The van der Waals surface area contributed by atoms with Gasteiger partial charge in [0, 0.05) is 33.3 Å². The van der Waals surface area contributed by atoms with Crippen molar-refractivity contribution in [3.05, 3.63) is 24.3 Å². The third-order valence-electron chi connectivity index (χ3n) is 3.88. The first kappa shape index (κ1) is 25.3. The zero-order chi connectivity index (χ0) is 20.1. The zero-order valence-electron chi connectivity index (χ0n) is 16.4. The summed E-state index contributed by atoms with van der Waals surface area (Å²) >= 11 is 0. The maximum absolute atomic E-state index is 12.6. The molecule has 0 unspecified atom stereocenters. The maximum Gasteiger partial charge on any atom is 0.243 e. The van der Waals surface area contributed by atoms with E-state index in [-0.39, 0.29) is 41.1 Å². The van der Waals surface area contributed by atoms with Crippen LogP contribution in [0, 0.1) is 5.41 Å². The normalized spacial score (nSPS) is 11.7. The Morgan fingerprint density at radius 2 is 1.67 bits per heavy atom. The number of nitrogens with one attached hydrogen (secondary N) is 1. The molecule has 154 valence electrons. The van der Waals surface area contributed by atoms with Crippen LogP contribution in [0.4, 0.5) is 5.69 Å². The first-order valence-corrected chi connectivity index (χ1v) is 9.61. The van der Waals surface area contributed by atoms with E-state index in [4.69, 9.17) is 5.73 Å². The van der Waals surface area contributed by atoms with Crippen molar-refractivity contribution in [2.75, 3.05) is 39.0 Å². The van der Waals surface area contributed by atoms with E-state index in [9.17, 15) is 18.0 Å². The number of nitrogens with two attached hydrogens (primary N) is 1. The van der Waals surface area contributed by atoms with Gasteiger partial charge in [-0.05, 0) is 36.2 Å². The van der Waals surface area contributed by atoms with Crippen molar-refractivity contribution in [1.82, 2.24) is 9.21 Å². The van der Waals surface area contributed by atoms with Crippen LogP contribution in [-0.4, -0.2) is 63.2 Å². The van der Waals surface area contributed by atoms with Crippen LogP contribution >= 0.6 is 12.4 Å². The van der Waals surface area contributed by atoms with Crippen molar-refractivity contribution in [2.24, 2.45) is 11.1 Å². The summed E-state index contributed by atoms with van der Waals surface area (Å²) in [7, 11) is -0.828. The molecule has 0 radical (unpaired) electrons. The molecule has 0 fully saturated rings. The van der Waals surface area contributed by atoms with E-state index < -0.39 is 10.0 Å². The van der Waals surface area contributed by atoms with Crippen LogP contribution in [0.5, 0.6) is 0 Å². The molecule has 0 aliphatic heterocycles. The lowest BCUT2D eigenvalue weighted by Crippen LogP contribution is -2.44. The van der Waals surface area contributed by atoms with Crippen LogP contribution in [0.25, 0.3) is 0 Å². The number of rotatable bonds is 8. The van der Waals surface area contributed by atoms with Gasteiger partial charge in [0.1, 0.15) is 0 Å². The van der Waals surface area contributed by atoms with E-state index in [2.05, 4.69) is 5.32 Å². The number of carbonyl (C=O) groups is 2. The Hall–Kier alpha value is -1.68. The van der Waals surface area contributed by atoms with Crippen LogP contribution in [0.1, 0.15) is 20.8 Å². The highest BCUT2D eigenvalue weighted by Crippen LogP contribution is 2.18. The molecule has 0 saturated carbocycles. The standard InChI is InChI=1S/C17H28N4O4S.ClH/c1-13(22)19-14-6-8-15(9-7-14)26(24,25)21(5)10-16(23)20(4)12-17(2,3)11-18;/h6-9H,10-12,18H2,1-5H3,(H,19,22);1H. The molecule has 2 amide bonds. The number of anilines is 1. The number of nitrogens with zero attached hydrogens (tertiary/aromatic N) is 2. The molecule has 1 aromatic carbocycles. The Morgan fingerprint density at radius 3 is 2.11 bits per heavy atom. The van der Waals surface area contributed by atoms with Gasteiger partial charge in [0.15, 0.2) is 0 Å². The highest BCUT2D eigenvalue weighted by Gasteiger charge is 2.26. The van der Waals surface area contributed by atoms with Gasteiger partial charge in [-0.15, -0.1) is 12.4 Å². The van der Waals surface area contributed by atoms with E-state index in [1.807, 2.05) is 13.8 Å². The molecule has 0 atom stereocenters. The van der Waals surface area contributed by atoms with Gasteiger partial charge in [0.05, 0.1) is 11.4 Å². The Kier molecular flexibility index (Phi) is 9.40. The molecule has 1 rings (SSSR count). The van der Waals surface area contributed by atoms with Crippen LogP contribution in [0.15, 0.2) is 29.2 Å². The minimum absolute atomic E-state index is 0. The number of likely N-dealkylation sites (N-methyl/N-ethyl adjacent to an activating group) is 2. The monoisotopic (exact) mass is 420 g/mol. The average Bonchev–Trinajstić information content (AvgIpc) is 2.54. The van der Waals surface area contributed by atoms with Crippen molar-refractivity contribution >= 4 is 39.9 Å². The minimum Gasteiger partial charge on any atom is -0.344 e. The van der Waals surface area contributed by atoms with Crippen molar-refractivity contribution in [3.8, 4) is 0 Å². The number of hydrogen-bond acceptors (Lipinski definition) is 5. The van der Waals surface area contributed by atoms with E-state index in [0.29, 0.717) is 18.8 Å². The Morgan fingerprint density at radius 1 is 1.15 bits per heavy atom. The lowest BCUT2D eigenvalue weighted by molar-refractivity contribution is -0.131. The molecule has 0 saturated heterocycles. The molecule has 0 spiro atoms. The van der Waals surface area contributed by atoms with E-state index in [1.54, 1.807) is 7.05 Å². The van der Waals surface area contributed by atoms with Crippen LogP contribution in [0.2, 0.25) is 0 Å². The van der Waals surface area contributed by atoms with E-state index >= 15 is 0 Å². The molecule has 0 bridgehead atoms. The number of hydrogen-bond donors (Lipinski definition) is 2. The highest BCUT2D eigenvalue weighted by molar-refractivity contribution is 7.89. The number of amides is 2. The fraction of sp³-hybridized carbons (Fsp3) is 0.529. The third kappa shape index (κ3) is 7.45. The second kappa shape index (κ2) is 10.0. The average molecular weight is 421 g/mol. The number of carbonyl (C=O) groups excluding carboxylic acids is 2. The predicted molar refractivity (Wildman–Crippen MR) is 108 cm³/mol. The van der Waals surface area contributed by atoms with Crippen LogP contribution < -0.4 is 11.1 Å². The molecular weight excluding hydrogens is 392 g/mol. The van der Waals surface area contributed by atoms with Gasteiger partial charge in [0.2, 0.25) is 21.8 Å². The van der Waals surface area contributed by atoms with Gasteiger partial charge in [-0.3, -0.25) is 9.59 Å². The largest absolute Gasteiger partial charge is 0.344 e. The lowest BCUT2D eigenvalue weighted by Gasteiger charge is -2.30. The summed E-state index contributed by atoms with van der Waals surface area (Å²) in [6, 6.07) is 5.78. The van der Waals surface area contributed by atoms with Gasteiger partial charge in [-0.1, -0.05) is 13.8 Å². The smallest absolute Gasteiger partial charge is 0.243 e. The predicted octanol–water partition coefficient (Wildman–Crippen LogP) is 1.13. The van der Waals surface area contributed by atoms with Gasteiger partial charge in [0.25, 0.3) is 0 Å². The number of halogens is 1. The molecule has 0 aromatic heterocycles. The fourth-order valence-corrected chi connectivity index (χ4v) is 3.40. The van der Waals surface area contributed by atoms with E-state index in [0.717, 1.165) is 4.31 Å². The quantitative estimate of drug-likeness (QED) is 0.654. The molecule has 10 heteroatoms. The Bertz CT molecular complexity index is 751. The topological polar surface area (TPSA) is 113 Å². The molecule has 8 nitrogen and oxygen atoms in total. The molecule has 1 aromatic rings. The summed E-state index contributed by atoms with van der Waals surface area (Å²) in [6.07, 6.45) is 0. The highest BCUT2D eigenvalue weighted by atomic mass is 35.5. The molecule has 0 heterocycles. The summed E-state index contributed by atoms with van der Waals surface area (Å²) < 4.78 is 26.2. The van der Waals surface area contributed by atoms with Crippen LogP contribution in [-0.2, 0) is 19.6 Å². The molecular formula is C17H29ClN4O4S. The van der Waals surface area contributed by atoms with E-state index in [1.165, 1.54) is 43.1 Å². The second-order valence-corrected chi connectivity index (χ2v) is 9.13. The van der Waals surface area contributed by atoms with Gasteiger partial charge in [-0.2, -0.15) is 4.31 Å². The summed E-state index contributed by atoms with van der Waals surface area (Å²) in [5.41, 5.74) is 5.92. The summed E-state index contributed by atoms with van der Waals surface area (Å²) in [6.45, 7) is 5.82. The zero-order valence-corrected chi connectivity index (χ0v) is 18.0. The minimum atomic E-state index is -3.81. The van der Waals surface area contributed by atoms with Crippen molar-refractivity contribution in [2.45, 2.75) is 25.7 Å². The van der Waals surface area contributed by atoms with Crippen molar-refractivity contribution < 1.29 is 18.0 Å². The van der Waals surface area contributed by atoms with Crippen LogP contribution in [0.3, 0.4) is 0 Å². The first-order chi connectivity index (χ1) is 11.9. The second-order valence-electron chi connectivity index (χ2n) is 7.08. The van der Waals surface area contributed by atoms with Crippen molar-refractivity contribution in [1.29, 1.82) is 0 Å². The third-order valence-corrected chi connectivity index (χ3v) is 5.70. The number of benzene rings is 1. The van der Waals surface area contributed by atoms with Gasteiger partial charge < -0.3 is 16.0 Å². The Labute approximate surface area is 167 Å². The molecule has 0 aliphatic rings. The first-order valence-electron chi connectivity index (χ1n) is 8.17. The summed E-state index contributed by atoms with van der Waals surface area (Å²) in [5.74, 6) is -0.556.